The van der Waals surface area contributed by atoms with Crippen LogP contribution >= 0.6 is 0 Å². The third-order valence-corrected chi connectivity index (χ3v) is 5.43. The number of imidazole rings is 1. The zero-order valence-electron chi connectivity index (χ0n) is 16.1. The van der Waals surface area contributed by atoms with Gasteiger partial charge in [-0.25, -0.2) is 4.98 Å². The SMILES string of the molecule is NC(=O)C1=NCNC1(C(N)=O)c1nc2ccc(OCCCN3CCCC3)cc2[nH]1. The van der Waals surface area contributed by atoms with E-state index in [1.807, 2.05) is 12.1 Å². The van der Waals surface area contributed by atoms with Gasteiger partial charge in [0, 0.05) is 12.6 Å². The van der Waals surface area contributed by atoms with E-state index in [0.29, 0.717) is 23.4 Å². The second-order valence-electron chi connectivity index (χ2n) is 7.34. The molecule has 0 aliphatic carbocycles. The molecule has 154 valence electrons. The summed E-state index contributed by atoms with van der Waals surface area (Å²) in [5.41, 5.74) is 10.5. The molecule has 0 radical (unpaired) electrons. The summed E-state index contributed by atoms with van der Waals surface area (Å²) in [6.45, 7) is 4.06. The maximum Gasteiger partial charge on any atom is 0.265 e. The lowest BCUT2D eigenvalue weighted by atomic mass is 9.91. The summed E-state index contributed by atoms with van der Waals surface area (Å²) in [6, 6.07) is 5.42. The van der Waals surface area contributed by atoms with Crippen molar-refractivity contribution in [2.24, 2.45) is 16.5 Å². The van der Waals surface area contributed by atoms with Gasteiger partial charge in [0.1, 0.15) is 17.3 Å². The third kappa shape index (κ3) is 3.56. The summed E-state index contributed by atoms with van der Waals surface area (Å²) in [5.74, 6) is -0.743. The van der Waals surface area contributed by atoms with Gasteiger partial charge in [-0.05, 0) is 44.5 Å². The average Bonchev–Trinajstić information content (AvgIpc) is 3.43. The van der Waals surface area contributed by atoms with E-state index in [1.54, 1.807) is 6.07 Å². The lowest BCUT2D eigenvalue weighted by Gasteiger charge is -2.23. The van der Waals surface area contributed by atoms with E-state index < -0.39 is 17.4 Å². The fraction of sp³-hybridized carbons (Fsp3) is 0.474. The van der Waals surface area contributed by atoms with Gasteiger partial charge in [-0.2, -0.15) is 0 Å². The van der Waals surface area contributed by atoms with Crippen molar-refractivity contribution in [2.75, 3.05) is 32.9 Å². The number of aromatic nitrogens is 2. The van der Waals surface area contributed by atoms with Gasteiger partial charge in [0.05, 0.1) is 24.3 Å². The Labute approximate surface area is 167 Å². The Bertz CT molecular complexity index is 964. The predicted molar refractivity (Wildman–Crippen MR) is 107 cm³/mol. The van der Waals surface area contributed by atoms with Crippen LogP contribution in [-0.4, -0.2) is 65.3 Å². The molecule has 2 aromatic rings. The van der Waals surface area contributed by atoms with Gasteiger partial charge in [0.15, 0.2) is 0 Å². The second kappa shape index (κ2) is 7.80. The van der Waals surface area contributed by atoms with Crippen LogP contribution in [0.5, 0.6) is 5.75 Å². The van der Waals surface area contributed by atoms with E-state index in [2.05, 4.69) is 25.2 Å². The number of H-pyrrole nitrogens is 1. The lowest BCUT2D eigenvalue weighted by molar-refractivity contribution is -0.123. The molecule has 0 spiro atoms. The number of primary amides is 2. The molecular formula is C19H25N7O3. The van der Waals surface area contributed by atoms with Crippen LogP contribution in [-0.2, 0) is 15.1 Å². The maximum atomic E-state index is 12.2. The standard InChI is InChI=1S/C19H25N7O3/c20-16(27)15-19(17(21)28,23-11-22-15)18-24-13-5-4-12(10-14(13)25-18)29-9-3-8-26-6-1-2-7-26/h4-5,10,23H,1-3,6-9,11H2,(H2,20,27)(H2,21,28)(H,24,25). The van der Waals surface area contributed by atoms with Crippen molar-refractivity contribution < 1.29 is 14.3 Å². The first kappa shape index (κ1) is 19.3. The van der Waals surface area contributed by atoms with Crippen LogP contribution in [0.2, 0.25) is 0 Å². The Hall–Kier alpha value is -2.98. The average molecular weight is 399 g/mol. The summed E-state index contributed by atoms with van der Waals surface area (Å²) >= 11 is 0. The number of benzene rings is 1. The van der Waals surface area contributed by atoms with Crippen LogP contribution in [0.1, 0.15) is 25.1 Å². The number of likely N-dealkylation sites (tertiary alicyclic amines) is 1. The third-order valence-electron chi connectivity index (χ3n) is 5.43. The molecule has 0 saturated carbocycles. The smallest absolute Gasteiger partial charge is 0.265 e. The van der Waals surface area contributed by atoms with Crippen molar-refractivity contribution in [1.29, 1.82) is 0 Å². The van der Waals surface area contributed by atoms with E-state index in [0.717, 1.165) is 13.0 Å². The highest BCUT2D eigenvalue weighted by Crippen LogP contribution is 2.28. The van der Waals surface area contributed by atoms with Gasteiger partial charge in [0.25, 0.3) is 11.8 Å². The molecule has 29 heavy (non-hydrogen) atoms. The molecule has 2 aliphatic heterocycles. The minimum atomic E-state index is -1.67. The quantitative estimate of drug-likeness (QED) is 0.443. The molecule has 3 heterocycles. The molecule has 4 rings (SSSR count). The number of nitrogens with one attached hydrogen (secondary N) is 2. The summed E-state index contributed by atoms with van der Waals surface area (Å²) in [4.78, 5) is 38.0. The number of fused-ring (bicyclic) bond motifs is 1. The monoisotopic (exact) mass is 399 g/mol. The maximum absolute atomic E-state index is 12.2. The molecule has 0 bridgehead atoms. The molecule has 1 atom stereocenters. The largest absolute Gasteiger partial charge is 0.493 e. The first-order chi connectivity index (χ1) is 14.0. The minimum absolute atomic E-state index is 0.0453. The number of hydrogen-bond acceptors (Lipinski definition) is 7. The number of nitrogens with zero attached hydrogens (tertiary/aromatic N) is 3. The van der Waals surface area contributed by atoms with Crippen LogP contribution < -0.4 is 21.5 Å². The number of carbonyl (C=O) groups excluding carboxylic acids is 2. The van der Waals surface area contributed by atoms with Gasteiger partial charge in [-0.1, -0.05) is 0 Å². The molecule has 2 aliphatic rings. The highest BCUT2D eigenvalue weighted by atomic mass is 16.5. The first-order valence-corrected chi connectivity index (χ1v) is 9.76. The number of ether oxygens (including phenoxy) is 1. The number of aromatic amines is 1. The molecule has 1 fully saturated rings. The van der Waals surface area contributed by atoms with Crippen molar-refractivity contribution in [3.63, 3.8) is 0 Å². The van der Waals surface area contributed by atoms with Crippen LogP contribution in [0.4, 0.5) is 0 Å². The normalized spacial score (nSPS) is 22.1. The fourth-order valence-electron chi connectivity index (χ4n) is 3.96. The van der Waals surface area contributed by atoms with Gasteiger partial charge in [-0.15, -0.1) is 0 Å². The number of aliphatic imine (C=N–C) groups is 1. The summed E-state index contributed by atoms with van der Waals surface area (Å²) < 4.78 is 5.86. The van der Waals surface area contributed by atoms with Crippen molar-refractivity contribution in [3.8, 4) is 5.75 Å². The molecule has 1 unspecified atom stereocenters. The Morgan fingerprint density at radius 3 is 2.76 bits per heavy atom. The number of carbonyl (C=O) groups is 2. The van der Waals surface area contributed by atoms with E-state index in [-0.39, 0.29) is 18.2 Å². The molecule has 1 aromatic heterocycles. The van der Waals surface area contributed by atoms with Crippen molar-refractivity contribution in [2.45, 2.75) is 24.8 Å². The van der Waals surface area contributed by atoms with Crippen molar-refractivity contribution in [3.05, 3.63) is 24.0 Å². The molecule has 2 amide bonds. The molecule has 1 saturated heterocycles. The number of nitrogens with two attached hydrogens (primary N) is 2. The Balaban J connectivity index is 1.51. The molecule has 6 N–H and O–H groups in total. The summed E-state index contributed by atoms with van der Waals surface area (Å²) in [5, 5.41) is 2.85. The highest BCUT2D eigenvalue weighted by Gasteiger charge is 2.51. The van der Waals surface area contributed by atoms with Gasteiger partial charge in [0.2, 0.25) is 5.54 Å². The Kier molecular flexibility index (Phi) is 5.20. The van der Waals surface area contributed by atoms with Gasteiger partial charge >= 0.3 is 0 Å². The second-order valence-corrected chi connectivity index (χ2v) is 7.34. The molecule has 10 nitrogen and oxygen atoms in total. The summed E-state index contributed by atoms with van der Waals surface area (Å²) in [7, 11) is 0. The fourth-order valence-corrected chi connectivity index (χ4v) is 3.96. The zero-order valence-corrected chi connectivity index (χ0v) is 16.1. The summed E-state index contributed by atoms with van der Waals surface area (Å²) in [6.07, 6.45) is 3.52. The van der Waals surface area contributed by atoms with Crippen molar-refractivity contribution in [1.82, 2.24) is 20.2 Å². The predicted octanol–water partition coefficient (Wildman–Crippen LogP) is -0.405. The van der Waals surface area contributed by atoms with Gasteiger partial charge in [-0.3, -0.25) is 19.9 Å². The van der Waals surface area contributed by atoms with Crippen LogP contribution in [0.3, 0.4) is 0 Å². The van der Waals surface area contributed by atoms with Crippen molar-refractivity contribution >= 4 is 28.6 Å². The molecule has 10 heteroatoms. The van der Waals surface area contributed by atoms with E-state index >= 15 is 0 Å². The minimum Gasteiger partial charge on any atom is -0.493 e. The van der Waals surface area contributed by atoms with Crippen LogP contribution in [0.25, 0.3) is 11.0 Å². The topological polar surface area (TPSA) is 152 Å². The van der Waals surface area contributed by atoms with E-state index in [9.17, 15) is 9.59 Å². The number of amides is 2. The Morgan fingerprint density at radius 2 is 2.03 bits per heavy atom. The number of rotatable bonds is 8. The number of hydrogen-bond donors (Lipinski definition) is 4. The van der Waals surface area contributed by atoms with Crippen LogP contribution in [0, 0.1) is 0 Å². The highest BCUT2D eigenvalue weighted by molar-refractivity contribution is 6.46. The first-order valence-electron chi connectivity index (χ1n) is 9.76. The lowest BCUT2D eigenvalue weighted by Crippen LogP contribution is -2.58. The molecular weight excluding hydrogens is 374 g/mol. The Morgan fingerprint density at radius 1 is 1.24 bits per heavy atom. The molecule has 1 aromatic carbocycles. The van der Waals surface area contributed by atoms with E-state index in [1.165, 1.54) is 25.9 Å². The van der Waals surface area contributed by atoms with E-state index in [4.69, 9.17) is 16.2 Å². The zero-order chi connectivity index (χ0) is 20.4. The van der Waals surface area contributed by atoms with Gasteiger partial charge < -0.3 is 26.1 Å². The van der Waals surface area contributed by atoms with Crippen LogP contribution in [0.15, 0.2) is 23.2 Å².